The molecule has 0 spiro atoms. The summed E-state index contributed by atoms with van der Waals surface area (Å²) in [5.41, 5.74) is 0.937. The first-order valence-corrected chi connectivity index (χ1v) is 11.6. The molecule has 2 aliphatic rings. The van der Waals surface area contributed by atoms with Crippen molar-refractivity contribution in [3.8, 4) is 0 Å². The quantitative estimate of drug-likeness (QED) is 0.717. The molecule has 8 nitrogen and oxygen atoms in total. The van der Waals surface area contributed by atoms with Gasteiger partial charge in [-0.1, -0.05) is 30.3 Å². The van der Waals surface area contributed by atoms with Crippen LogP contribution in [0.2, 0.25) is 0 Å². The molecular formula is C20H29N3O5S. The van der Waals surface area contributed by atoms with Crippen LogP contribution in [0, 0.1) is 5.92 Å². The van der Waals surface area contributed by atoms with Gasteiger partial charge in [0.05, 0.1) is 5.75 Å². The van der Waals surface area contributed by atoms with E-state index in [1.54, 1.807) is 9.80 Å². The minimum atomic E-state index is -3.36. The lowest BCUT2D eigenvalue weighted by Gasteiger charge is -2.35. The highest BCUT2D eigenvalue weighted by molar-refractivity contribution is 7.89. The van der Waals surface area contributed by atoms with Crippen LogP contribution in [0.3, 0.4) is 0 Å². The first kappa shape index (κ1) is 21.6. The van der Waals surface area contributed by atoms with Crippen molar-refractivity contribution in [1.82, 2.24) is 14.1 Å². The fraction of sp³-hybridized carbons (Fsp3) is 0.600. The molecule has 0 atom stereocenters. The summed E-state index contributed by atoms with van der Waals surface area (Å²) in [6.45, 7) is 4.35. The van der Waals surface area contributed by atoms with E-state index in [1.165, 1.54) is 11.2 Å². The minimum Gasteiger partial charge on any atom is -0.445 e. The summed E-state index contributed by atoms with van der Waals surface area (Å²) in [6.07, 6.45) is 0.940. The molecule has 2 saturated heterocycles. The second-order valence-corrected chi connectivity index (χ2v) is 9.67. The molecule has 0 radical (unpaired) electrons. The number of piperazine rings is 1. The van der Waals surface area contributed by atoms with Crippen LogP contribution in [0.4, 0.5) is 4.79 Å². The zero-order valence-corrected chi connectivity index (χ0v) is 17.6. The van der Waals surface area contributed by atoms with E-state index in [-0.39, 0.29) is 30.3 Å². The molecule has 0 bridgehead atoms. The number of rotatable bonds is 5. The number of nitrogens with zero attached hydrogens (tertiary/aromatic N) is 3. The number of hydrogen-bond donors (Lipinski definition) is 0. The number of benzene rings is 1. The summed E-state index contributed by atoms with van der Waals surface area (Å²) in [6, 6.07) is 9.51. The Bertz CT molecular complexity index is 799. The van der Waals surface area contributed by atoms with Crippen molar-refractivity contribution in [3.63, 3.8) is 0 Å². The highest BCUT2D eigenvalue weighted by Crippen LogP contribution is 2.22. The molecule has 2 heterocycles. The molecular weight excluding hydrogens is 394 g/mol. The SMILES string of the molecule is CC(=O)N1CCN(S(=O)(=O)CC2CCN(C(=O)OCc3ccccc3)CC2)CC1. The second kappa shape index (κ2) is 9.58. The molecule has 2 fully saturated rings. The van der Waals surface area contributed by atoms with Crippen molar-refractivity contribution < 1.29 is 22.7 Å². The average molecular weight is 424 g/mol. The van der Waals surface area contributed by atoms with Crippen LogP contribution in [0.1, 0.15) is 25.3 Å². The maximum absolute atomic E-state index is 12.7. The molecule has 0 unspecified atom stereocenters. The van der Waals surface area contributed by atoms with E-state index in [2.05, 4.69) is 0 Å². The molecule has 0 aliphatic carbocycles. The first-order chi connectivity index (χ1) is 13.8. The van der Waals surface area contributed by atoms with Crippen molar-refractivity contribution in [2.45, 2.75) is 26.4 Å². The molecule has 0 aromatic heterocycles. The van der Waals surface area contributed by atoms with Gasteiger partial charge < -0.3 is 14.5 Å². The van der Waals surface area contributed by atoms with E-state index in [0.717, 1.165) is 5.56 Å². The minimum absolute atomic E-state index is 0.0198. The smallest absolute Gasteiger partial charge is 0.410 e. The molecule has 2 amide bonds. The standard InChI is InChI=1S/C20H29N3O5S/c1-17(24)21-11-13-23(14-12-21)29(26,27)16-19-7-9-22(10-8-19)20(25)28-15-18-5-3-2-4-6-18/h2-6,19H,7-16H2,1H3. The summed E-state index contributed by atoms with van der Waals surface area (Å²) < 4.78 is 32.3. The van der Waals surface area contributed by atoms with Gasteiger partial charge in [0.15, 0.2) is 0 Å². The Morgan fingerprint density at radius 2 is 1.59 bits per heavy atom. The summed E-state index contributed by atoms with van der Waals surface area (Å²) in [7, 11) is -3.36. The summed E-state index contributed by atoms with van der Waals surface area (Å²) in [4.78, 5) is 27.0. The third-order valence-electron chi connectivity index (χ3n) is 5.60. The number of carbonyl (C=O) groups excluding carboxylic acids is 2. The van der Waals surface area contributed by atoms with E-state index < -0.39 is 10.0 Å². The predicted octanol–water partition coefficient (Wildman–Crippen LogP) is 1.53. The molecule has 3 rings (SSSR count). The Labute approximate surface area is 172 Å². The summed E-state index contributed by atoms with van der Waals surface area (Å²) in [5, 5.41) is 0. The van der Waals surface area contributed by atoms with Gasteiger partial charge in [-0.2, -0.15) is 4.31 Å². The zero-order chi connectivity index (χ0) is 20.9. The van der Waals surface area contributed by atoms with Gasteiger partial charge in [-0.15, -0.1) is 0 Å². The van der Waals surface area contributed by atoms with E-state index in [0.29, 0.717) is 52.1 Å². The van der Waals surface area contributed by atoms with Crippen LogP contribution in [-0.2, 0) is 26.2 Å². The van der Waals surface area contributed by atoms with Crippen LogP contribution in [-0.4, -0.2) is 79.5 Å². The summed E-state index contributed by atoms with van der Waals surface area (Å²) in [5.74, 6) is 0.109. The van der Waals surface area contributed by atoms with E-state index in [9.17, 15) is 18.0 Å². The Balaban J connectivity index is 1.42. The molecule has 160 valence electrons. The largest absolute Gasteiger partial charge is 0.445 e. The van der Waals surface area contributed by atoms with Gasteiger partial charge in [0.25, 0.3) is 0 Å². The number of amides is 2. The van der Waals surface area contributed by atoms with Gasteiger partial charge in [-0.25, -0.2) is 13.2 Å². The fourth-order valence-corrected chi connectivity index (χ4v) is 5.64. The number of likely N-dealkylation sites (tertiary alicyclic amines) is 1. The van der Waals surface area contributed by atoms with Crippen LogP contribution in [0.15, 0.2) is 30.3 Å². The number of ether oxygens (including phenoxy) is 1. The van der Waals surface area contributed by atoms with Crippen molar-refractivity contribution in [2.24, 2.45) is 5.92 Å². The number of hydrogen-bond acceptors (Lipinski definition) is 5. The lowest BCUT2D eigenvalue weighted by molar-refractivity contribution is -0.129. The fourth-order valence-electron chi connectivity index (χ4n) is 3.78. The third kappa shape index (κ3) is 5.93. The van der Waals surface area contributed by atoms with E-state index >= 15 is 0 Å². The molecule has 0 saturated carbocycles. The van der Waals surface area contributed by atoms with Gasteiger partial charge in [0.1, 0.15) is 6.61 Å². The van der Waals surface area contributed by atoms with Gasteiger partial charge in [-0.3, -0.25) is 4.79 Å². The molecule has 0 N–H and O–H groups in total. The van der Waals surface area contributed by atoms with Crippen molar-refractivity contribution in [1.29, 1.82) is 0 Å². The Kier molecular flexibility index (Phi) is 7.13. The summed E-state index contributed by atoms with van der Waals surface area (Å²) >= 11 is 0. The average Bonchev–Trinajstić information content (AvgIpc) is 2.73. The van der Waals surface area contributed by atoms with Crippen LogP contribution in [0.25, 0.3) is 0 Å². The van der Waals surface area contributed by atoms with Crippen molar-refractivity contribution in [3.05, 3.63) is 35.9 Å². The molecule has 9 heteroatoms. The van der Waals surface area contributed by atoms with Crippen molar-refractivity contribution >= 4 is 22.0 Å². The normalized spacial score (nSPS) is 19.2. The highest BCUT2D eigenvalue weighted by atomic mass is 32.2. The predicted molar refractivity (Wildman–Crippen MR) is 109 cm³/mol. The third-order valence-corrected chi connectivity index (χ3v) is 7.65. The molecule has 1 aromatic carbocycles. The number of piperidine rings is 1. The van der Waals surface area contributed by atoms with E-state index in [1.807, 2.05) is 30.3 Å². The van der Waals surface area contributed by atoms with Crippen LogP contribution < -0.4 is 0 Å². The van der Waals surface area contributed by atoms with Crippen molar-refractivity contribution in [2.75, 3.05) is 45.0 Å². The molecule has 1 aromatic rings. The van der Waals surface area contributed by atoms with E-state index in [4.69, 9.17) is 4.74 Å². The van der Waals surface area contributed by atoms with Crippen LogP contribution >= 0.6 is 0 Å². The maximum Gasteiger partial charge on any atom is 0.410 e. The Morgan fingerprint density at radius 1 is 0.966 bits per heavy atom. The monoisotopic (exact) mass is 423 g/mol. The van der Waals surface area contributed by atoms with Gasteiger partial charge in [0, 0.05) is 46.2 Å². The Morgan fingerprint density at radius 3 is 2.17 bits per heavy atom. The highest BCUT2D eigenvalue weighted by Gasteiger charge is 2.32. The maximum atomic E-state index is 12.7. The first-order valence-electron chi connectivity index (χ1n) is 10.0. The van der Waals surface area contributed by atoms with Crippen LogP contribution in [0.5, 0.6) is 0 Å². The van der Waals surface area contributed by atoms with Gasteiger partial charge in [-0.05, 0) is 24.3 Å². The topological polar surface area (TPSA) is 87.2 Å². The number of sulfonamides is 1. The zero-order valence-electron chi connectivity index (χ0n) is 16.8. The number of carbonyl (C=O) groups is 2. The molecule has 29 heavy (non-hydrogen) atoms. The lowest BCUT2D eigenvalue weighted by Crippen LogP contribution is -2.51. The van der Waals surface area contributed by atoms with Gasteiger partial charge in [0.2, 0.25) is 15.9 Å². The second-order valence-electron chi connectivity index (χ2n) is 7.65. The molecule has 2 aliphatic heterocycles. The van der Waals surface area contributed by atoms with Gasteiger partial charge >= 0.3 is 6.09 Å². The lowest BCUT2D eigenvalue weighted by atomic mass is 9.99. The Hall–Kier alpha value is -2.13.